The second kappa shape index (κ2) is 6.00. The number of nitrogens with zero attached hydrogens (tertiary/aromatic N) is 2. The molecule has 0 aromatic carbocycles. The smallest absolute Gasteiger partial charge is 0.159 e. The summed E-state index contributed by atoms with van der Waals surface area (Å²) in [7, 11) is 0. The lowest BCUT2D eigenvalue weighted by Gasteiger charge is -2.22. The van der Waals surface area contributed by atoms with Crippen molar-refractivity contribution >= 4 is 27.6 Å². The minimum absolute atomic E-state index is 0.386. The number of hydrogen-bond acceptors (Lipinski definition) is 5. The highest BCUT2D eigenvalue weighted by Crippen LogP contribution is 2.27. The lowest BCUT2D eigenvalue weighted by molar-refractivity contribution is 0.509. The number of nitrogens with two attached hydrogens (primary N) is 1. The molecule has 1 aromatic heterocycles. The van der Waals surface area contributed by atoms with Crippen molar-refractivity contribution < 1.29 is 0 Å². The minimum atomic E-state index is 0.386. The fraction of sp³-hybridized carbons (Fsp3) is 0.600. The fourth-order valence-corrected chi connectivity index (χ4v) is 1.92. The van der Waals surface area contributed by atoms with Gasteiger partial charge in [-0.3, -0.25) is 0 Å². The number of halogens is 1. The van der Waals surface area contributed by atoms with Crippen LogP contribution < -0.4 is 16.6 Å². The third kappa shape index (κ3) is 3.05. The maximum Gasteiger partial charge on any atom is 0.159 e. The molecule has 1 unspecified atom stereocenters. The molecule has 0 saturated heterocycles. The van der Waals surface area contributed by atoms with Crippen LogP contribution in [-0.4, -0.2) is 16.0 Å². The Morgan fingerprint density at radius 3 is 2.50 bits per heavy atom. The van der Waals surface area contributed by atoms with E-state index in [9.17, 15) is 0 Å². The molecular weight excluding hydrogens is 270 g/mol. The van der Waals surface area contributed by atoms with E-state index in [-0.39, 0.29) is 0 Å². The topological polar surface area (TPSA) is 75.9 Å². The Morgan fingerprint density at radius 2 is 2.00 bits per heavy atom. The largest absolute Gasteiger partial charge is 0.366 e. The summed E-state index contributed by atoms with van der Waals surface area (Å²) in [5, 5.41) is 3.38. The van der Waals surface area contributed by atoms with Crippen LogP contribution >= 0.6 is 15.9 Å². The highest BCUT2D eigenvalue weighted by molar-refractivity contribution is 9.10. The molecule has 4 N–H and O–H groups in total. The predicted molar refractivity (Wildman–Crippen MR) is 70.1 cm³/mol. The molecule has 0 spiro atoms. The molecule has 1 heterocycles. The van der Waals surface area contributed by atoms with Crippen LogP contribution in [-0.2, 0) is 0 Å². The molecule has 1 aromatic rings. The lowest BCUT2D eigenvalue weighted by Crippen LogP contribution is -2.25. The minimum Gasteiger partial charge on any atom is -0.366 e. The van der Waals surface area contributed by atoms with Crippen LogP contribution in [0.4, 0.5) is 11.6 Å². The van der Waals surface area contributed by atoms with Crippen LogP contribution in [0.5, 0.6) is 0 Å². The summed E-state index contributed by atoms with van der Waals surface area (Å²) in [6.07, 6.45) is 2.52. The molecule has 5 nitrogen and oxygen atoms in total. The van der Waals surface area contributed by atoms with Gasteiger partial charge >= 0.3 is 0 Å². The first-order chi connectivity index (χ1) is 7.60. The van der Waals surface area contributed by atoms with Crippen LogP contribution in [0.1, 0.15) is 27.2 Å². The van der Waals surface area contributed by atoms with Gasteiger partial charge in [-0.25, -0.2) is 15.8 Å². The Balaban J connectivity index is 2.88. The number of nitrogens with one attached hydrogen (secondary N) is 2. The number of aromatic nitrogens is 2. The van der Waals surface area contributed by atoms with Crippen LogP contribution in [0, 0.1) is 5.92 Å². The van der Waals surface area contributed by atoms with Gasteiger partial charge in [0.25, 0.3) is 0 Å². The molecule has 0 radical (unpaired) electrons. The van der Waals surface area contributed by atoms with E-state index in [1.54, 1.807) is 0 Å². The summed E-state index contributed by atoms with van der Waals surface area (Å²) in [5.41, 5.74) is 2.52. The standard InChI is InChI=1S/C10H18BrN5/c1-4-7(6(2)3)15-9-8(11)10(16-12)14-5-13-9/h5-7H,4,12H2,1-3H3,(H2,13,14,15,16). The molecule has 1 rings (SSSR count). The van der Waals surface area contributed by atoms with Crippen molar-refractivity contribution in [2.45, 2.75) is 33.2 Å². The second-order valence-electron chi connectivity index (χ2n) is 3.93. The third-order valence-electron chi connectivity index (χ3n) is 2.49. The first-order valence-electron chi connectivity index (χ1n) is 5.33. The monoisotopic (exact) mass is 287 g/mol. The Kier molecular flexibility index (Phi) is 4.95. The van der Waals surface area contributed by atoms with Gasteiger partial charge in [0, 0.05) is 6.04 Å². The molecular formula is C10H18BrN5. The quantitative estimate of drug-likeness (QED) is 0.573. The second-order valence-corrected chi connectivity index (χ2v) is 4.73. The average Bonchev–Trinajstić information content (AvgIpc) is 2.27. The molecule has 6 heteroatoms. The summed E-state index contributed by atoms with van der Waals surface area (Å²) >= 11 is 3.42. The summed E-state index contributed by atoms with van der Waals surface area (Å²) in [6.45, 7) is 6.51. The Hall–Kier alpha value is -0.880. The molecule has 0 aliphatic carbocycles. The SMILES string of the molecule is CCC(Nc1ncnc(NN)c1Br)C(C)C. The van der Waals surface area contributed by atoms with Gasteiger partial charge in [-0.15, -0.1) is 0 Å². The summed E-state index contributed by atoms with van der Waals surface area (Å²) < 4.78 is 0.761. The van der Waals surface area contributed by atoms with Crippen molar-refractivity contribution in [1.29, 1.82) is 0 Å². The maximum absolute atomic E-state index is 5.34. The highest BCUT2D eigenvalue weighted by Gasteiger charge is 2.14. The number of rotatable bonds is 5. The first kappa shape index (κ1) is 13.2. The Labute approximate surface area is 104 Å². The van der Waals surface area contributed by atoms with Gasteiger partial charge in [0.1, 0.15) is 16.6 Å². The Bertz CT molecular complexity index is 342. The van der Waals surface area contributed by atoms with Crippen molar-refractivity contribution in [2.24, 2.45) is 11.8 Å². The normalized spacial score (nSPS) is 12.6. The molecule has 0 saturated carbocycles. The van der Waals surface area contributed by atoms with E-state index in [0.29, 0.717) is 17.8 Å². The van der Waals surface area contributed by atoms with Crippen molar-refractivity contribution in [3.63, 3.8) is 0 Å². The van der Waals surface area contributed by atoms with E-state index in [0.717, 1.165) is 16.7 Å². The van der Waals surface area contributed by atoms with Crippen LogP contribution in [0.25, 0.3) is 0 Å². The van der Waals surface area contributed by atoms with E-state index >= 15 is 0 Å². The van der Waals surface area contributed by atoms with Crippen LogP contribution in [0.3, 0.4) is 0 Å². The van der Waals surface area contributed by atoms with Crippen molar-refractivity contribution in [2.75, 3.05) is 10.7 Å². The van der Waals surface area contributed by atoms with Crippen LogP contribution in [0.15, 0.2) is 10.8 Å². The van der Waals surface area contributed by atoms with Gasteiger partial charge in [-0.05, 0) is 28.3 Å². The highest BCUT2D eigenvalue weighted by atomic mass is 79.9. The van der Waals surface area contributed by atoms with Crippen LogP contribution in [0.2, 0.25) is 0 Å². The van der Waals surface area contributed by atoms with E-state index in [2.05, 4.69) is 57.4 Å². The Morgan fingerprint density at radius 1 is 1.38 bits per heavy atom. The summed E-state index contributed by atoms with van der Waals surface area (Å²) in [5.74, 6) is 7.23. The number of nitrogen functional groups attached to an aromatic ring is 1. The van der Waals surface area contributed by atoms with E-state index < -0.39 is 0 Å². The molecule has 90 valence electrons. The molecule has 1 atom stereocenters. The molecule has 0 amide bonds. The molecule has 0 bridgehead atoms. The van der Waals surface area contributed by atoms with Gasteiger partial charge in [-0.2, -0.15) is 0 Å². The molecule has 0 aliphatic heterocycles. The van der Waals surface area contributed by atoms with Gasteiger partial charge in [0.05, 0.1) is 0 Å². The number of anilines is 2. The third-order valence-corrected chi connectivity index (χ3v) is 3.24. The maximum atomic E-state index is 5.34. The summed E-state index contributed by atoms with van der Waals surface area (Å²) in [4.78, 5) is 8.19. The van der Waals surface area contributed by atoms with Gasteiger partial charge in [0.2, 0.25) is 0 Å². The van der Waals surface area contributed by atoms with Crippen molar-refractivity contribution in [3.05, 3.63) is 10.8 Å². The summed E-state index contributed by atoms with van der Waals surface area (Å²) in [6, 6.07) is 0.386. The average molecular weight is 288 g/mol. The zero-order valence-electron chi connectivity index (χ0n) is 9.79. The van der Waals surface area contributed by atoms with E-state index in [1.807, 2.05) is 0 Å². The first-order valence-corrected chi connectivity index (χ1v) is 6.13. The molecule has 0 aliphatic rings. The van der Waals surface area contributed by atoms with Gasteiger partial charge in [-0.1, -0.05) is 20.8 Å². The zero-order valence-corrected chi connectivity index (χ0v) is 11.4. The molecule has 16 heavy (non-hydrogen) atoms. The van der Waals surface area contributed by atoms with E-state index in [4.69, 9.17) is 5.84 Å². The van der Waals surface area contributed by atoms with E-state index in [1.165, 1.54) is 6.33 Å². The van der Waals surface area contributed by atoms with Gasteiger partial charge < -0.3 is 10.7 Å². The van der Waals surface area contributed by atoms with Crippen molar-refractivity contribution in [1.82, 2.24) is 9.97 Å². The number of hydrazine groups is 1. The van der Waals surface area contributed by atoms with Crippen molar-refractivity contribution in [3.8, 4) is 0 Å². The number of hydrogen-bond donors (Lipinski definition) is 3. The lowest BCUT2D eigenvalue weighted by atomic mass is 10.0. The van der Waals surface area contributed by atoms with Gasteiger partial charge in [0.15, 0.2) is 5.82 Å². The fourth-order valence-electron chi connectivity index (χ4n) is 1.49. The predicted octanol–water partition coefficient (Wildman–Crippen LogP) is 2.37. The molecule has 0 fully saturated rings. The zero-order chi connectivity index (χ0) is 12.1.